The van der Waals surface area contributed by atoms with Crippen LogP contribution in [0.2, 0.25) is 5.02 Å². The molecule has 1 aliphatic rings. The van der Waals surface area contributed by atoms with Gasteiger partial charge < -0.3 is 15.5 Å². The molecule has 2 N–H and O–H groups in total. The number of benzene rings is 2. The van der Waals surface area contributed by atoms with E-state index in [2.05, 4.69) is 10.6 Å². The summed E-state index contributed by atoms with van der Waals surface area (Å²) in [6.07, 6.45) is 0.391. The zero-order valence-corrected chi connectivity index (χ0v) is 14.8. The fourth-order valence-electron chi connectivity index (χ4n) is 2.90. The van der Waals surface area contributed by atoms with E-state index in [0.717, 1.165) is 5.56 Å². The normalized spacial score (nSPS) is 16.6. The third kappa shape index (κ3) is 4.95. The van der Waals surface area contributed by atoms with Crippen LogP contribution in [0.4, 0.5) is 14.9 Å². The van der Waals surface area contributed by atoms with E-state index in [4.69, 9.17) is 11.6 Å². The SMILES string of the molecule is O=C(NC[C@H]1CC(=O)N(Cc2ccc(F)cc2)C1)Nc1ccc(Cl)cc1. The molecule has 1 atom stereocenters. The third-order valence-corrected chi connectivity index (χ3v) is 4.49. The highest BCUT2D eigenvalue weighted by Gasteiger charge is 2.29. The molecule has 0 saturated carbocycles. The Morgan fingerprint density at radius 2 is 1.85 bits per heavy atom. The number of likely N-dealkylation sites (tertiary alicyclic amines) is 1. The average Bonchev–Trinajstić information content (AvgIpc) is 2.97. The lowest BCUT2D eigenvalue weighted by Gasteiger charge is -2.17. The van der Waals surface area contributed by atoms with Gasteiger partial charge in [0, 0.05) is 42.7 Å². The molecular weight excluding hydrogens is 357 g/mol. The smallest absolute Gasteiger partial charge is 0.319 e. The average molecular weight is 376 g/mol. The summed E-state index contributed by atoms with van der Waals surface area (Å²) in [4.78, 5) is 25.8. The molecule has 3 amide bonds. The molecule has 1 aliphatic heterocycles. The van der Waals surface area contributed by atoms with Crippen molar-refractivity contribution >= 4 is 29.2 Å². The Balaban J connectivity index is 1.45. The van der Waals surface area contributed by atoms with E-state index in [1.807, 2.05) is 0 Å². The Bertz CT molecular complexity index is 780. The van der Waals surface area contributed by atoms with Crippen LogP contribution in [0.5, 0.6) is 0 Å². The van der Waals surface area contributed by atoms with Gasteiger partial charge in [0.15, 0.2) is 0 Å². The summed E-state index contributed by atoms with van der Waals surface area (Å²) in [5.74, 6) is -0.201. The van der Waals surface area contributed by atoms with E-state index in [9.17, 15) is 14.0 Å². The van der Waals surface area contributed by atoms with Crippen LogP contribution in [-0.4, -0.2) is 29.9 Å². The van der Waals surface area contributed by atoms with Crippen molar-refractivity contribution in [2.24, 2.45) is 5.92 Å². The number of anilines is 1. The van der Waals surface area contributed by atoms with Crippen LogP contribution in [0, 0.1) is 11.7 Å². The predicted molar refractivity (Wildman–Crippen MR) is 98.4 cm³/mol. The summed E-state index contributed by atoms with van der Waals surface area (Å²) in [5.41, 5.74) is 1.53. The third-order valence-electron chi connectivity index (χ3n) is 4.23. The summed E-state index contributed by atoms with van der Waals surface area (Å²) in [5, 5.41) is 6.11. The van der Waals surface area contributed by atoms with Crippen molar-refractivity contribution in [1.29, 1.82) is 0 Å². The molecule has 0 unspecified atom stereocenters. The van der Waals surface area contributed by atoms with E-state index >= 15 is 0 Å². The van der Waals surface area contributed by atoms with Crippen LogP contribution >= 0.6 is 11.6 Å². The molecular formula is C19H19ClFN3O2. The molecule has 1 saturated heterocycles. The molecule has 2 aromatic rings. The first-order valence-electron chi connectivity index (χ1n) is 8.32. The van der Waals surface area contributed by atoms with Crippen molar-refractivity contribution in [3.63, 3.8) is 0 Å². The van der Waals surface area contributed by atoms with E-state index in [0.29, 0.717) is 36.8 Å². The molecule has 0 spiro atoms. The first-order chi connectivity index (χ1) is 12.5. The van der Waals surface area contributed by atoms with Gasteiger partial charge in [0.1, 0.15) is 5.82 Å². The number of urea groups is 1. The largest absolute Gasteiger partial charge is 0.338 e. The molecule has 0 aliphatic carbocycles. The van der Waals surface area contributed by atoms with Crippen LogP contribution in [0.15, 0.2) is 48.5 Å². The maximum Gasteiger partial charge on any atom is 0.319 e. The summed E-state index contributed by atoms with van der Waals surface area (Å²) in [6.45, 7) is 1.43. The lowest BCUT2D eigenvalue weighted by Crippen LogP contribution is -2.34. The maximum atomic E-state index is 13.0. The minimum atomic E-state index is -0.322. The number of hydrogen-bond donors (Lipinski definition) is 2. The van der Waals surface area contributed by atoms with Crippen molar-refractivity contribution in [1.82, 2.24) is 10.2 Å². The second kappa shape index (κ2) is 8.19. The molecule has 1 heterocycles. The lowest BCUT2D eigenvalue weighted by molar-refractivity contribution is -0.128. The number of halogens is 2. The van der Waals surface area contributed by atoms with E-state index in [1.165, 1.54) is 12.1 Å². The van der Waals surface area contributed by atoms with Gasteiger partial charge in [-0.3, -0.25) is 4.79 Å². The number of carbonyl (C=O) groups excluding carboxylic acids is 2. The number of amides is 3. The van der Waals surface area contributed by atoms with Crippen molar-refractivity contribution in [2.45, 2.75) is 13.0 Å². The summed E-state index contributed by atoms with van der Waals surface area (Å²) in [7, 11) is 0. The van der Waals surface area contributed by atoms with Crippen LogP contribution in [0.3, 0.4) is 0 Å². The Labute approximate surface area is 156 Å². The van der Waals surface area contributed by atoms with Gasteiger partial charge >= 0.3 is 6.03 Å². The molecule has 3 rings (SSSR count). The van der Waals surface area contributed by atoms with Gasteiger partial charge in [-0.25, -0.2) is 9.18 Å². The predicted octanol–water partition coefficient (Wildman–Crippen LogP) is 3.65. The van der Waals surface area contributed by atoms with Gasteiger partial charge in [-0.2, -0.15) is 0 Å². The van der Waals surface area contributed by atoms with Crippen LogP contribution in [-0.2, 0) is 11.3 Å². The van der Waals surface area contributed by atoms with Gasteiger partial charge in [-0.05, 0) is 42.0 Å². The van der Waals surface area contributed by atoms with Crippen LogP contribution < -0.4 is 10.6 Å². The van der Waals surface area contributed by atoms with Gasteiger partial charge in [-0.1, -0.05) is 23.7 Å². The highest BCUT2D eigenvalue weighted by Crippen LogP contribution is 2.20. The molecule has 136 valence electrons. The van der Waals surface area contributed by atoms with Crippen LogP contribution in [0.25, 0.3) is 0 Å². The van der Waals surface area contributed by atoms with Gasteiger partial charge in [0.25, 0.3) is 0 Å². The van der Waals surface area contributed by atoms with E-state index in [1.54, 1.807) is 41.3 Å². The molecule has 0 radical (unpaired) electrons. The standard InChI is InChI=1S/C19H19ClFN3O2/c20-15-3-7-17(8-4-15)23-19(26)22-10-14-9-18(25)24(12-14)11-13-1-5-16(21)6-2-13/h1-8,14H,9-12H2,(H2,22,23,26)/t14-/m1/s1. The fraction of sp³-hybridized carbons (Fsp3) is 0.263. The zero-order chi connectivity index (χ0) is 18.5. The highest BCUT2D eigenvalue weighted by molar-refractivity contribution is 6.30. The number of nitrogens with one attached hydrogen (secondary N) is 2. The van der Waals surface area contributed by atoms with Crippen LogP contribution in [0.1, 0.15) is 12.0 Å². The fourth-order valence-corrected chi connectivity index (χ4v) is 3.03. The van der Waals surface area contributed by atoms with Gasteiger partial charge in [0.2, 0.25) is 5.91 Å². The highest BCUT2D eigenvalue weighted by atomic mass is 35.5. The second-order valence-corrected chi connectivity index (χ2v) is 6.75. The van der Waals surface area contributed by atoms with Crippen molar-refractivity contribution in [3.8, 4) is 0 Å². The summed E-state index contributed by atoms with van der Waals surface area (Å²) in [6, 6.07) is 12.6. The molecule has 26 heavy (non-hydrogen) atoms. The minimum absolute atomic E-state index is 0.0410. The molecule has 2 aromatic carbocycles. The molecule has 0 bridgehead atoms. The van der Waals surface area contributed by atoms with Gasteiger partial charge in [0.05, 0.1) is 0 Å². The molecule has 1 fully saturated rings. The number of nitrogens with zero attached hydrogens (tertiary/aromatic N) is 1. The summed E-state index contributed by atoms with van der Waals surface area (Å²) < 4.78 is 13.0. The molecule has 7 heteroatoms. The van der Waals surface area contributed by atoms with E-state index < -0.39 is 0 Å². The lowest BCUT2D eigenvalue weighted by atomic mass is 10.1. The van der Waals surface area contributed by atoms with Crippen molar-refractivity contribution < 1.29 is 14.0 Å². The monoisotopic (exact) mass is 375 g/mol. The molecule has 5 nitrogen and oxygen atoms in total. The Hall–Kier alpha value is -2.60. The Kier molecular flexibility index (Phi) is 5.73. The topological polar surface area (TPSA) is 61.4 Å². The van der Waals surface area contributed by atoms with E-state index in [-0.39, 0.29) is 23.7 Å². The number of carbonyl (C=O) groups is 2. The first kappa shape index (κ1) is 18.2. The van der Waals surface area contributed by atoms with Gasteiger partial charge in [-0.15, -0.1) is 0 Å². The number of rotatable bonds is 5. The Morgan fingerprint density at radius 1 is 1.15 bits per heavy atom. The zero-order valence-electron chi connectivity index (χ0n) is 14.0. The van der Waals surface area contributed by atoms with Crippen molar-refractivity contribution in [2.75, 3.05) is 18.4 Å². The first-order valence-corrected chi connectivity index (χ1v) is 8.70. The second-order valence-electron chi connectivity index (χ2n) is 6.31. The molecule has 0 aromatic heterocycles. The maximum absolute atomic E-state index is 13.0. The quantitative estimate of drug-likeness (QED) is 0.838. The van der Waals surface area contributed by atoms with Crippen molar-refractivity contribution in [3.05, 3.63) is 64.9 Å². The minimum Gasteiger partial charge on any atom is -0.338 e. The summed E-state index contributed by atoms with van der Waals surface area (Å²) >= 11 is 5.81. The Morgan fingerprint density at radius 3 is 2.54 bits per heavy atom. The number of hydrogen-bond acceptors (Lipinski definition) is 2.